The molecular formula is C16H19N3S. The average Bonchev–Trinajstić information content (AvgIpc) is 2.38. The molecule has 2 N–H and O–H groups in total. The van der Waals surface area contributed by atoms with E-state index in [9.17, 15) is 0 Å². The molecule has 0 fully saturated rings. The maximum Gasteiger partial charge on any atom is 0.172 e. The number of nitrogens with zero attached hydrogens (tertiary/aromatic N) is 1. The number of pyridine rings is 1. The van der Waals surface area contributed by atoms with Crippen LogP contribution in [0, 0.1) is 13.8 Å². The molecule has 0 saturated heterocycles. The zero-order valence-corrected chi connectivity index (χ0v) is 12.8. The maximum atomic E-state index is 5.34. The zero-order chi connectivity index (χ0) is 14.5. The molecular weight excluding hydrogens is 266 g/mol. The van der Waals surface area contributed by atoms with Crippen molar-refractivity contribution in [3.8, 4) is 0 Å². The fourth-order valence-corrected chi connectivity index (χ4v) is 2.36. The molecule has 20 heavy (non-hydrogen) atoms. The highest BCUT2D eigenvalue weighted by Crippen LogP contribution is 2.12. The summed E-state index contributed by atoms with van der Waals surface area (Å²) in [6.07, 6.45) is 0. The number of hydrogen-bond donors (Lipinski definition) is 2. The highest BCUT2D eigenvalue weighted by Gasteiger charge is 2.07. The van der Waals surface area contributed by atoms with Crippen molar-refractivity contribution >= 4 is 23.1 Å². The average molecular weight is 285 g/mol. The monoisotopic (exact) mass is 285 g/mol. The van der Waals surface area contributed by atoms with Crippen molar-refractivity contribution in [2.24, 2.45) is 0 Å². The van der Waals surface area contributed by atoms with Crippen LogP contribution in [0.4, 0.5) is 5.82 Å². The van der Waals surface area contributed by atoms with Crippen LogP contribution in [0.15, 0.2) is 42.5 Å². The Morgan fingerprint density at radius 3 is 2.50 bits per heavy atom. The van der Waals surface area contributed by atoms with Gasteiger partial charge in [-0.25, -0.2) is 4.98 Å². The van der Waals surface area contributed by atoms with Crippen molar-refractivity contribution in [1.82, 2.24) is 10.3 Å². The first kappa shape index (κ1) is 14.5. The number of aryl methyl sites for hydroxylation is 2. The van der Waals surface area contributed by atoms with Crippen molar-refractivity contribution in [1.29, 1.82) is 0 Å². The summed E-state index contributed by atoms with van der Waals surface area (Å²) < 4.78 is 0. The van der Waals surface area contributed by atoms with E-state index in [4.69, 9.17) is 12.2 Å². The number of benzene rings is 1. The number of hydrogen-bond acceptors (Lipinski definition) is 2. The number of nitrogens with one attached hydrogen (secondary N) is 2. The molecule has 1 unspecified atom stereocenters. The van der Waals surface area contributed by atoms with E-state index in [0.29, 0.717) is 5.11 Å². The van der Waals surface area contributed by atoms with E-state index in [0.717, 1.165) is 11.5 Å². The Morgan fingerprint density at radius 1 is 1.15 bits per heavy atom. The lowest BCUT2D eigenvalue weighted by Crippen LogP contribution is -2.31. The van der Waals surface area contributed by atoms with Crippen molar-refractivity contribution in [3.05, 3.63) is 59.3 Å². The molecule has 0 radical (unpaired) electrons. The third-order valence-corrected chi connectivity index (χ3v) is 3.21. The van der Waals surface area contributed by atoms with Crippen LogP contribution in [-0.4, -0.2) is 10.1 Å². The Morgan fingerprint density at radius 2 is 1.85 bits per heavy atom. The van der Waals surface area contributed by atoms with Crippen LogP contribution in [0.25, 0.3) is 0 Å². The minimum Gasteiger partial charge on any atom is -0.356 e. The second kappa shape index (κ2) is 6.48. The van der Waals surface area contributed by atoms with Crippen molar-refractivity contribution in [2.45, 2.75) is 26.8 Å². The minimum atomic E-state index is 0.155. The Bertz CT molecular complexity index is 576. The molecule has 2 aromatic rings. The van der Waals surface area contributed by atoms with Crippen LogP contribution < -0.4 is 10.6 Å². The Hall–Kier alpha value is -1.94. The summed E-state index contributed by atoms with van der Waals surface area (Å²) in [6.45, 7) is 6.10. The lowest BCUT2D eigenvalue weighted by molar-refractivity contribution is 0.722. The SMILES string of the molecule is Cc1cc(C)nc(NC(=S)NC(C)c2ccccc2)c1. The fourth-order valence-electron chi connectivity index (χ4n) is 2.08. The van der Waals surface area contributed by atoms with Gasteiger partial charge in [0.25, 0.3) is 0 Å². The second-order valence-electron chi connectivity index (χ2n) is 4.90. The van der Waals surface area contributed by atoms with Gasteiger partial charge in [-0.3, -0.25) is 0 Å². The lowest BCUT2D eigenvalue weighted by atomic mass is 10.1. The van der Waals surface area contributed by atoms with Crippen LogP contribution in [0.1, 0.15) is 29.8 Å². The van der Waals surface area contributed by atoms with E-state index in [1.54, 1.807) is 0 Å². The first-order valence-electron chi connectivity index (χ1n) is 6.62. The third-order valence-electron chi connectivity index (χ3n) is 2.99. The molecule has 0 aliphatic carbocycles. The highest BCUT2D eigenvalue weighted by atomic mass is 32.1. The van der Waals surface area contributed by atoms with Crippen LogP contribution in [0.3, 0.4) is 0 Å². The van der Waals surface area contributed by atoms with Gasteiger partial charge >= 0.3 is 0 Å². The highest BCUT2D eigenvalue weighted by molar-refractivity contribution is 7.80. The van der Waals surface area contributed by atoms with Crippen LogP contribution in [0.5, 0.6) is 0 Å². The quantitative estimate of drug-likeness (QED) is 0.842. The smallest absolute Gasteiger partial charge is 0.172 e. The molecule has 0 aliphatic rings. The predicted octanol–water partition coefficient (Wildman–Crippen LogP) is 3.75. The van der Waals surface area contributed by atoms with E-state index in [-0.39, 0.29) is 6.04 Å². The maximum absolute atomic E-state index is 5.34. The Kier molecular flexibility index (Phi) is 4.69. The standard InChI is InChI=1S/C16H19N3S/c1-11-9-12(2)17-15(10-11)19-16(20)18-13(3)14-7-5-4-6-8-14/h4-10,13H,1-3H3,(H2,17,18,19,20). The summed E-state index contributed by atoms with van der Waals surface area (Å²) in [5.41, 5.74) is 3.34. The number of rotatable bonds is 3. The minimum absolute atomic E-state index is 0.155. The van der Waals surface area contributed by atoms with Gasteiger partial charge < -0.3 is 10.6 Å². The largest absolute Gasteiger partial charge is 0.356 e. The topological polar surface area (TPSA) is 37.0 Å². The number of anilines is 1. The molecule has 4 heteroatoms. The van der Waals surface area contributed by atoms with Crippen molar-refractivity contribution < 1.29 is 0 Å². The van der Waals surface area contributed by atoms with Gasteiger partial charge in [0.2, 0.25) is 0 Å². The molecule has 1 aromatic carbocycles. The normalized spacial score (nSPS) is 11.8. The van der Waals surface area contributed by atoms with Gasteiger partial charge in [0.15, 0.2) is 5.11 Å². The lowest BCUT2D eigenvalue weighted by Gasteiger charge is -2.17. The van der Waals surface area contributed by atoms with Gasteiger partial charge in [-0.05, 0) is 56.2 Å². The summed E-state index contributed by atoms with van der Waals surface area (Å²) in [4.78, 5) is 4.42. The van der Waals surface area contributed by atoms with Crippen LogP contribution >= 0.6 is 12.2 Å². The van der Waals surface area contributed by atoms with Gasteiger partial charge in [-0.15, -0.1) is 0 Å². The second-order valence-corrected chi connectivity index (χ2v) is 5.31. The molecule has 1 heterocycles. The molecule has 104 valence electrons. The molecule has 0 amide bonds. The molecule has 3 nitrogen and oxygen atoms in total. The van der Waals surface area contributed by atoms with Crippen molar-refractivity contribution in [2.75, 3.05) is 5.32 Å². The summed E-state index contributed by atoms with van der Waals surface area (Å²) >= 11 is 5.34. The predicted molar refractivity (Wildman–Crippen MR) is 87.9 cm³/mol. The molecule has 0 saturated carbocycles. The van der Waals surface area contributed by atoms with Gasteiger partial charge in [-0.1, -0.05) is 30.3 Å². The van der Waals surface area contributed by atoms with Crippen LogP contribution in [0.2, 0.25) is 0 Å². The number of aromatic nitrogens is 1. The van der Waals surface area contributed by atoms with Crippen molar-refractivity contribution in [3.63, 3.8) is 0 Å². The van der Waals surface area contributed by atoms with Gasteiger partial charge in [0.05, 0.1) is 6.04 Å². The summed E-state index contributed by atoms with van der Waals surface area (Å²) in [7, 11) is 0. The molecule has 0 bridgehead atoms. The summed E-state index contributed by atoms with van der Waals surface area (Å²) in [5.74, 6) is 0.778. The van der Waals surface area contributed by atoms with Gasteiger partial charge in [0.1, 0.15) is 5.82 Å². The Balaban J connectivity index is 1.99. The molecule has 0 aliphatic heterocycles. The first-order valence-corrected chi connectivity index (χ1v) is 7.03. The zero-order valence-electron chi connectivity index (χ0n) is 12.0. The molecule has 1 atom stereocenters. The van der Waals surface area contributed by atoms with E-state index in [2.05, 4.69) is 34.7 Å². The van der Waals surface area contributed by atoms with Gasteiger partial charge in [-0.2, -0.15) is 0 Å². The molecule has 1 aromatic heterocycles. The third kappa shape index (κ3) is 4.03. The van der Waals surface area contributed by atoms with Crippen LogP contribution in [-0.2, 0) is 0 Å². The van der Waals surface area contributed by atoms with Gasteiger partial charge in [0, 0.05) is 5.69 Å². The summed E-state index contributed by atoms with van der Waals surface area (Å²) in [5, 5.41) is 6.98. The summed E-state index contributed by atoms with van der Waals surface area (Å²) in [6, 6.07) is 14.4. The molecule has 0 spiro atoms. The fraction of sp³-hybridized carbons (Fsp3) is 0.250. The Labute approximate surface area is 125 Å². The number of thiocarbonyl (C=S) groups is 1. The van der Waals surface area contributed by atoms with E-state index in [1.807, 2.05) is 44.2 Å². The van der Waals surface area contributed by atoms with E-state index < -0.39 is 0 Å². The van der Waals surface area contributed by atoms with E-state index >= 15 is 0 Å². The molecule has 2 rings (SSSR count). The van der Waals surface area contributed by atoms with E-state index in [1.165, 1.54) is 11.1 Å². The first-order chi connectivity index (χ1) is 9.54.